The molecule has 0 unspecified atom stereocenters. The second-order valence-corrected chi connectivity index (χ2v) is 4.27. The number of hydrogen-bond donors (Lipinski definition) is 1. The molecule has 1 aromatic heterocycles. The average molecular weight is 261 g/mol. The predicted molar refractivity (Wildman–Crippen MR) is 73.3 cm³/mol. The zero-order valence-electron chi connectivity index (χ0n) is 11.3. The molecule has 19 heavy (non-hydrogen) atoms. The van der Waals surface area contributed by atoms with E-state index in [2.05, 4.69) is 4.98 Å². The molecule has 0 saturated heterocycles. The van der Waals surface area contributed by atoms with Crippen LogP contribution in [0.2, 0.25) is 0 Å². The second kappa shape index (κ2) is 6.24. The Morgan fingerprint density at radius 3 is 2.68 bits per heavy atom. The van der Waals surface area contributed by atoms with E-state index in [-0.39, 0.29) is 0 Å². The number of methoxy groups -OCH3 is 1. The number of rotatable bonds is 6. The zero-order valence-corrected chi connectivity index (χ0v) is 11.3. The summed E-state index contributed by atoms with van der Waals surface area (Å²) in [5, 5.41) is 0. The molecular formula is C14H19N3O2. The van der Waals surface area contributed by atoms with E-state index in [4.69, 9.17) is 15.2 Å². The molecule has 5 heteroatoms. The van der Waals surface area contributed by atoms with Crippen molar-refractivity contribution in [2.24, 2.45) is 12.8 Å². The molecule has 0 saturated carbocycles. The van der Waals surface area contributed by atoms with Crippen LogP contribution in [0.5, 0.6) is 11.5 Å². The third kappa shape index (κ3) is 3.48. The molecule has 2 N–H and O–H groups in total. The van der Waals surface area contributed by atoms with Gasteiger partial charge in [0.1, 0.15) is 17.3 Å². The van der Waals surface area contributed by atoms with Crippen LogP contribution in [-0.2, 0) is 20.0 Å². The van der Waals surface area contributed by atoms with Gasteiger partial charge in [0.25, 0.3) is 0 Å². The Kier molecular flexibility index (Phi) is 4.41. The van der Waals surface area contributed by atoms with E-state index in [9.17, 15) is 0 Å². The van der Waals surface area contributed by atoms with Crippen LogP contribution in [0.15, 0.2) is 30.6 Å². The van der Waals surface area contributed by atoms with Gasteiger partial charge in [0, 0.05) is 38.5 Å². The molecule has 0 atom stereocenters. The van der Waals surface area contributed by atoms with Crippen LogP contribution in [0.3, 0.4) is 0 Å². The Morgan fingerprint density at radius 2 is 2.05 bits per heavy atom. The summed E-state index contributed by atoms with van der Waals surface area (Å²) in [5.74, 6) is 2.53. The highest BCUT2D eigenvalue weighted by atomic mass is 16.5. The summed E-state index contributed by atoms with van der Waals surface area (Å²) in [6.45, 7) is 1.04. The quantitative estimate of drug-likeness (QED) is 0.856. The fourth-order valence-corrected chi connectivity index (χ4v) is 1.85. The topological polar surface area (TPSA) is 62.3 Å². The summed E-state index contributed by atoms with van der Waals surface area (Å²) >= 11 is 0. The van der Waals surface area contributed by atoms with Gasteiger partial charge < -0.3 is 19.8 Å². The van der Waals surface area contributed by atoms with Crippen molar-refractivity contribution in [2.75, 3.05) is 13.7 Å². The van der Waals surface area contributed by atoms with Crippen molar-refractivity contribution in [3.05, 3.63) is 42.0 Å². The minimum Gasteiger partial charge on any atom is -0.497 e. The lowest BCUT2D eigenvalue weighted by atomic mass is 10.2. The van der Waals surface area contributed by atoms with Gasteiger partial charge in [-0.05, 0) is 17.7 Å². The second-order valence-electron chi connectivity index (χ2n) is 4.27. The lowest BCUT2D eigenvalue weighted by Gasteiger charge is -2.10. The molecule has 0 fully saturated rings. The highest BCUT2D eigenvalue weighted by molar-refractivity contribution is 5.38. The zero-order chi connectivity index (χ0) is 13.7. The molecule has 2 rings (SSSR count). The van der Waals surface area contributed by atoms with Gasteiger partial charge in [0.15, 0.2) is 0 Å². The fraction of sp³-hybridized carbons (Fsp3) is 0.357. The lowest BCUT2D eigenvalue weighted by Crippen LogP contribution is -2.07. The molecule has 102 valence electrons. The first-order chi connectivity index (χ1) is 9.22. The van der Waals surface area contributed by atoms with E-state index in [0.29, 0.717) is 13.2 Å². The van der Waals surface area contributed by atoms with Crippen molar-refractivity contribution in [1.82, 2.24) is 9.55 Å². The van der Waals surface area contributed by atoms with Crippen LogP contribution in [0, 0.1) is 0 Å². The molecule has 0 bridgehead atoms. The third-order valence-corrected chi connectivity index (χ3v) is 2.93. The van der Waals surface area contributed by atoms with Crippen LogP contribution in [0.4, 0.5) is 0 Å². The number of nitrogens with two attached hydrogens (primary N) is 1. The van der Waals surface area contributed by atoms with Crippen molar-refractivity contribution in [3.8, 4) is 11.5 Å². The van der Waals surface area contributed by atoms with Crippen LogP contribution in [-0.4, -0.2) is 23.3 Å². The number of hydrogen-bond acceptors (Lipinski definition) is 4. The molecule has 0 amide bonds. The maximum atomic E-state index is 5.73. The molecular weight excluding hydrogens is 242 g/mol. The van der Waals surface area contributed by atoms with Gasteiger partial charge in [0.05, 0.1) is 13.7 Å². The Hall–Kier alpha value is -2.01. The van der Waals surface area contributed by atoms with Crippen LogP contribution < -0.4 is 15.2 Å². The molecule has 1 heterocycles. The van der Waals surface area contributed by atoms with Crippen molar-refractivity contribution in [1.29, 1.82) is 0 Å². The van der Waals surface area contributed by atoms with Gasteiger partial charge in [-0.2, -0.15) is 0 Å². The van der Waals surface area contributed by atoms with E-state index in [0.717, 1.165) is 29.3 Å². The number of imidazole rings is 1. The first kappa shape index (κ1) is 13.4. The Bertz CT molecular complexity index is 515. The summed E-state index contributed by atoms with van der Waals surface area (Å²) in [7, 11) is 3.60. The van der Waals surface area contributed by atoms with Gasteiger partial charge in [-0.1, -0.05) is 0 Å². The number of ether oxygens (including phenoxy) is 2. The molecule has 0 aliphatic heterocycles. The highest BCUT2D eigenvalue weighted by Crippen LogP contribution is 2.22. The van der Waals surface area contributed by atoms with Gasteiger partial charge in [-0.25, -0.2) is 4.98 Å². The van der Waals surface area contributed by atoms with E-state index < -0.39 is 0 Å². The average Bonchev–Trinajstić information content (AvgIpc) is 2.84. The molecule has 2 aromatic rings. The molecule has 0 spiro atoms. The SMILES string of the molecule is COc1cc(CN)cc(OCCc2nccn2C)c1. The van der Waals surface area contributed by atoms with Crippen molar-refractivity contribution >= 4 is 0 Å². The van der Waals surface area contributed by atoms with Gasteiger partial charge >= 0.3 is 0 Å². The van der Waals surface area contributed by atoms with Gasteiger partial charge in [0.2, 0.25) is 0 Å². The Morgan fingerprint density at radius 1 is 1.26 bits per heavy atom. The molecule has 1 aromatic carbocycles. The molecule has 5 nitrogen and oxygen atoms in total. The van der Waals surface area contributed by atoms with Crippen LogP contribution >= 0.6 is 0 Å². The van der Waals surface area contributed by atoms with E-state index in [1.165, 1.54) is 0 Å². The largest absolute Gasteiger partial charge is 0.497 e. The highest BCUT2D eigenvalue weighted by Gasteiger charge is 2.03. The summed E-state index contributed by atoms with van der Waals surface area (Å²) in [6.07, 6.45) is 4.47. The summed E-state index contributed by atoms with van der Waals surface area (Å²) in [5.41, 5.74) is 6.64. The maximum Gasteiger partial charge on any atom is 0.123 e. The number of aryl methyl sites for hydroxylation is 1. The maximum absolute atomic E-state index is 5.73. The first-order valence-electron chi connectivity index (χ1n) is 6.20. The van der Waals surface area contributed by atoms with Crippen LogP contribution in [0.1, 0.15) is 11.4 Å². The van der Waals surface area contributed by atoms with E-state index in [1.807, 2.05) is 36.0 Å². The minimum absolute atomic E-state index is 0.465. The van der Waals surface area contributed by atoms with Gasteiger partial charge in [-0.15, -0.1) is 0 Å². The fourth-order valence-electron chi connectivity index (χ4n) is 1.85. The van der Waals surface area contributed by atoms with Gasteiger partial charge in [-0.3, -0.25) is 0 Å². The molecule has 0 aliphatic rings. The first-order valence-corrected chi connectivity index (χ1v) is 6.20. The van der Waals surface area contributed by atoms with Crippen molar-refractivity contribution in [2.45, 2.75) is 13.0 Å². The minimum atomic E-state index is 0.465. The summed E-state index contributed by atoms with van der Waals surface area (Å²) in [6, 6.07) is 5.70. The third-order valence-electron chi connectivity index (χ3n) is 2.93. The smallest absolute Gasteiger partial charge is 0.123 e. The summed E-state index contributed by atoms with van der Waals surface area (Å²) < 4.78 is 12.9. The van der Waals surface area contributed by atoms with E-state index >= 15 is 0 Å². The van der Waals surface area contributed by atoms with Crippen molar-refractivity contribution in [3.63, 3.8) is 0 Å². The summed E-state index contributed by atoms with van der Waals surface area (Å²) in [4.78, 5) is 4.25. The number of benzene rings is 1. The predicted octanol–water partition coefficient (Wildman–Crippen LogP) is 1.51. The van der Waals surface area contributed by atoms with Crippen molar-refractivity contribution < 1.29 is 9.47 Å². The number of aromatic nitrogens is 2. The molecule has 0 radical (unpaired) electrons. The lowest BCUT2D eigenvalue weighted by molar-refractivity contribution is 0.314. The monoisotopic (exact) mass is 261 g/mol. The van der Waals surface area contributed by atoms with Crippen LogP contribution in [0.25, 0.3) is 0 Å². The Labute approximate surface area is 113 Å². The standard InChI is InChI=1S/C14H19N3O2/c1-17-5-4-16-14(17)3-6-19-13-8-11(10-15)7-12(9-13)18-2/h4-5,7-9H,3,6,10,15H2,1-2H3. The normalized spacial score (nSPS) is 10.5. The van der Waals surface area contributed by atoms with E-state index in [1.54, 1.807) is 13.3 Å². The number of nitrogens with zero attached hydrogens (tertiary/aromatic N) is 2. The molecule has 0 aliphatic carbocycles. The Balaban J connectivity index is 1.97.